The van der Waals surface area contributed by atoms with Crippen LogP contribution in [0, 0.1) is 6.92 Å². The second-order valence-corrected chi connectivity index (χ2v) is 7.31. The molecule has 1 amide bonds. The minimum atomic E-state index is -0.164. The first-order valence-electron chi connectivity index (χ1n) is 9.05. The van der Waals surface area contributed by atoms with Crippen molar-refractivity contribution in [3.8, 4) is 11.4 Å². The Morgan fingerprint density at radius 2 is 2.11 bits per heavy atom. The summed E-state index contributed by atoms with van der Waals surface area (Å²) < 4.78 is 5.52. The van der Waals surface area contributed by atoms with Gasteiger partial charge in [0, 0.05) is 17.1 Å². The van der Waals surface area contributed by atoms with E-state index in [-0.39, 0.29) is 11.9 Å². The van der Waals surface area contributed by atoms with E-state index in [4.69, 9.17) is 16.1 Å². The Labute approximate surface area is 163 Å². The van der Waals surface area contributed by atoms with Crippen molar-refractivity contribution in [1.29, 1.82) is 0 Å². The van der Waals surface area contributed by atoms with Gasteiger partial charge >= 0.3 is 0 Å². The zero-order valence-corrected chi connectivity index (χ0v) is 15.8. The summed E-state index contributed by atoms with van der Waals surface area (Å²) in [7, 11) is 0. The van der Waals surface area contributed by atoms with Crippen LogP contribution in [0.2, 0.25) is 5.02 Å². The number of amides is 1. The molecule has 0 unspecified atom stereocenters. The number of nitrogens with zero attached hydrogens (tertiary/aromatic N) is 3. The monoisotopic (exact) mass is 381 g/mol. The third kappa shape index (κ3) is 3.88. The molecule has 138 valence electrons. The van der Waals surface area contributed by atoms with Crippen LogP contribution in [-0.4, -0.2) is 27.5 Å². The van der Waals surface area contributed by atoms with Crippen molar-refractivity contribution in [2.75, 3.05) is 6.54 Å². The molecule has 2 aromatic carbocycles. The van der Waals surface area contributed by atoms with Crippen LogP contribution in [0.25, 0.3) is 11.4 Å². The summed E-state index contributed by atoms with van der Waals surface area (Å²) >= 11 is 6.03. The number of likely N-dealkylation sites (tertiary alicyclic amines) is 1. The molecule has 1 fully saturated rings. The molecule has 0 spiro atoms. The van der Waals surface area contributed by atoms with Crippen molar-refractivity contribution < 1.29 is 9.32 Å². The largest absolute Gasteiger partial charge is 0.337 e. The number of carbonyl (C=O) groups excluding carboxylic acids is 1. The third-order valence-corrected chi connectivity index (χ3v) is 5.06. The second-order valence-electron chi connectivity index (χ2n) is 6.88. The Hall–Kier alpha value is -2.66. The molecule has 5 nitrogen and oxygen atoms in total. The minimum absolute atomic E-state index is 0.0510. The van der Waals surface area contributed by atoms with E-state index in [2.05, 4.69) is 10.1 Å². The molecule has 4 rings (SSSR count). The summed E-state index contributed by atoms with van der Waals surface area (Å²) in [6.07, 6.45) is 2.07. The summed E-state index contributed by atoms with van der Waals surface area (Å²) in [5, 5.41) is 4.76. The lowest BCUT2D eigenvalue weighted by atomic mass is 10.1. The lowest BCUT2D eigenvalue weighted by Gasteiger charge is -2.22. The van der Waals surface area contributed by atoms with Crippen LogP contribution in [0.15, 0.2) is 53.1 Å². The minimum Gasteiger partial charge on any atom is -0.337 e. The van der Waals surface area contributed by atoms with Gasteiger partial charge in [-0.1, -0.05) is 52.7 Å². The highest BCUT2D eigenvalue weighted by Crippen LogP contribution is 2.32. The fraction of sp³-hybridized carbons (Fsp3) is 0.286. The molecule has 0 bridgehead atoms. The molecule has 1 atom stereocenters. The highest BCUT2D eigenvalue weighted by Gasteiger charge is 2.34. The van der Waals surface area contributed by atoms with Gasteiger partial charge in [-0.25, -0.2) is 0 Å². The number of aromatic nitrogens is 2. The first-order valence-corrected chi connectivity index (χ1v) is 9.42. The van der Waals surface area contributed by atoms with Crippen LogP contribution >= 0.6 is 11.6 Å². The highest BCUT2D eigenvalue weighted by molar-refractivity contribution is 6.30. The van der Waals surface area contributed by atoms with Crippen LogP contribution in [0.5, 0.6) is 0 Å². The van der Waals surface area contributed by atoms with Crippen molar-refractivity contribution in [2.45, 2.75) is 32.2 Å². The van der Waals surface area contributed by atoms with Crippen LogP contribution < -0.4 is 0 Å². The van der Waals surface area contributed by atoms with Gasteiger partial charge in [-0.15, -0.1) is 0 Å². The predicted molar refractivity (Wildman–Crippen MR) is 103 cm³/mol. The molecular weight excluding hydrogens is 362 g/mol. The van der Waals surface area contributed by atoms with E-state index in [1.54, 1.807) is 6.07 Å². The molecule has 27 heavy (non-hydrogen) atoms. The van der Waals surface area contributed by atoms with Crippen LogP contribution in [0.1, 0.15) is 35.9 Å². The normalized spacial score (nSPS) is 16.7. The summed E-state index contributed by atoms with van der Waals surface area (Å²) in [6, 6.07) is 15.2. The maximum atomic E-state index is 12.8. The topological polar surface area (TPSA) is 59.2 Å². The quantitative estimate of drug-likeness (QED) is 0.662. The first-order chi connectivity index (χ1) is 13.1. The predicted octanol–water partition coefficient (Wildman–Crippen LogP) is 4.60. The number of benzene rings is 2. The number of halogens is 1. The van der Waals surface area contributed by atoms with Crippen LogP contribution in [0.4, 0.5) is 0 Å². The SMILES string of the molecule is Cc1cccc(-c2noc([C@H]3CCCN3C(=O)Cc3cccc(Cl)c3)n2)c1. The maximum Gasteiger partial charge on any atom is 0.249 e. The molecule has 1 aliphatic rings. The highest BCUT2D eigenvalue weighted by atomic mass is 35.5. The van der Waals surface area contributed by atoms with E-state index < -0.39 is 0 Å². The van der Waals surface area contributed by atoms with Gasteiger partial charge in [0.1, 0.15) is 6.04 Å². The average molecular weight is 382 g/mol. The molecule has 6 heteroatoms. The Morgan fingerprint density at radius 1 is 1.26 bits per heavy atom. The zero-order chi connectivity index (χ0) is 18.8. The zero-order valence-electron chi connectivity index (χ0n) is 15.1. The maximum absolute atomic E-state index is 12.8. The van der Waals surface area contributed by atoms with Crippen LogP contribution in [-0.2, 0) is 11.2 Å². The lowest BCUT2D eigenvalue weighted by molar-refractivity contribution is -0.131. The molecule has 0 aliphatic carbocycles. The average Bonchev–Trinajstić information content (AvgIpc) is 3.31. The summed E-state index contributed by atoms with van der Waals surface area (Å²) in [5.74, 6) is 1.11. The fourth-order valence-electron chi connectivity index (χ4n) is 3.52. The Bertz CT molecular complexity index is 969. The van der Waals surface area contributed by atoms with E-state index in [0.717, 1.165) is 29.5 Å². The van der Waals surface area contributed by atoms with Gasteiger partial charge in [0.15, 0.2) is 0 Å². The van der Waals surface area contributed by atoms with Crippen LogP contribution in [0.3, 0.4) is 0 Å². The van der Waals surface area contributed by atoms with Gasteiger partial charge in [-0.05, 0) is 43.5 Å². The van der Waals surface area contributed by atoms with E-state index in [9.17, 15) is 4.79 Å². The van der Waals surface area contributed by atoms with Gasteiger partial charge in [0.25, 0.3) is 0 Å². The first kappa shape index (κ1) is 17.7. The third-order valence-electron chi connectivity index (χ3n) is 4.82. The Balaban J connectivity index is 1.52. The summed E-state index contributed by atoms with van der Waals surface area (Å²) in [4.78, 5) is 19.2. The van der Waals surface area contributed by atoms with E-state index in [1.807, 2.05) is 54.3 Å². The summed E-state index contributed by atoms with van der Waals surface area (Å²) in [5.41, 5.74) is 2.96. The van der Waals surface area contributed by atoms with Gasteiger partial charge in [0.05, 0.1) is 6.42 Å². The van der Waals surface area contributed by atoms with E-state index in [0.29, 0.717) is 29.7 Å². The molecule has 1 saturated heterocycles. The van der Waals surface area contributed by atoms with Gasteiger partial charge in [-0.3, -0.25) is 4.79 Å². The molecule has 0 N–H and O–H groups in total. The number of hydrogen-bond acceptors (Lipinski definition) is 4. The van der Waals surface area contributed by atoms with Crippen molar-refractivity contribution in [3.05, 3.63) is 70.6 Å². The molecule has 2 heterocycles. The number of aryl methyl sites for hydroxylation is 1. The molecular formula is C21H20ClN3O2. The number of carbonyl (C=O) groups is 1. The molecule has 3 aromatic rings. The summed E-state index contributed by atoms with van der Waals surface area (Å²) in [6.45, 7) is 2.73. The van der Waals surface area contributed by atoms with Crippen molar-refractivity contribution in [3.63, 3.8) is 0 Å². The standard InChI is InChI=1S/C21H20ClN3O2/c1-14-5-2-7-16(11-14)20-23-21(27-24-20)18-9-4-10-25(18)19(26)13-15-6-3-8-17(22)12-15/h2-3,5-8,11-12,18H,4,9-10,13H2,1H3/t18-/m1/s1. The lowest BCUT2D eigenvalue weighted by Crippen LogP contribution is -2.32. The van der Waals surface area contributed by atoms with Crippen molar-refractivity contribution >= 4 is 17.5 Å². The fourth-order valence-corrected chi connectivity index (χ4v) is 3.73. The Kier molecular flexibility index (Phi) is 4.94. The van der Waals surface area contributed by atoms with Crippen molar-refractivity contribution in [1.82, 2.24) is 15.0 Å². The number of rotatable bonds is 4. The Morgan fingerprint density at radius 3 is 2.93 bits per heavy atom. The van der Waals surface area contributed by atoms with Gasteiger partial charge < -0.3 is 9.42 Å². The number of hydrogen-bond donors (Lipinski definition) is 0. The van der Waals surface area contributed by atoms with E-state index >= 15 is 0 Å². The second kappa shape index (κ2) is 7.53. The van der Waals surface area contributed by atoms with E-state index in [1.165, 1.54) is 0 Å². The van der Waals surface area contributed by atoms with Gasteiger partial charge in [-0.2, -0.15) is 4.98 Å². The molecule has 0 saturated carbocycles. The smallest absolute Gasteiger partial charge is 0.249 e. The molecule has 0 radical (unpaired) electrons. The molecule has 1 aliphatic heterocycles. The van der Waals surface area contributed by atoms with Crippen molar-refractivity contribution in [2.24, 2.45) is 0 Å². The van der Waals surface area contributed by atoms with Gasteiger partial charge in [0.2, 0.25) is 17.6 Å². The molecule has 1 aromatic heterocycles.